The number of hydrogen-bond acceptors (Lipinski definition) is 3. The number of hydrogen-bond donors (Lipinski definition) is 0. The minimum Gasteiger partial charge on any atom is -0.292 e. The molecule has 2 aromatic heterocycles. The van der Waals surface area contributed by atoms with Crippen molar-refractivity contribution in [3.05, 3.63) is 36.2 Å². The molecule has 0 spiro atoms. The van der Waals surface area contributed by atoms with E-state index in [-0.39, 0.29) is 0 Å². The first-order valence-corrected chi connectivity index (χ1v) is 8.45. The summed E-state index contributed by atoms with van der Waals surface area (Å²) >= 11 is 0. The summed E-state index contributed by atoms with van der Waals surface area (Å²) in [5.41, 5.74) is 3.37. The molecule has 3 rings (SSSR count). The van der Waals surface area contributed by atoms with Gasteiger partial charge in [0.15, 0.2) is 0 Å². The molecule has 22 heavy (non-hydrogen) atoms. The Labute approximate surface area is 133 Å². The van der Waals surface area contributed by atoms with Crippen LogP contribution in [0.4, 0.5) is 0 Å². The number of aryl methyl sites for hydroxylation is 1. The maximum absolute atomic E-state index is 4.97. The van der Waals surface area contributed by atoms with Crippen molar-refractivity contribution in [2.24, 2.45) is 0 Å². The number of aromatic nitrogens is 3. The molecule has 0 saturated carbocycles. The van der Waals surface area contributed by atoms with Crippen LogP contribution in [0.5, 0.6) is 0 Å². The van der Waals surface area contributed by atoms with Crippen LogP contribution in [0.25, 0.3) is 11.4 Å². The summed E-state index contributed by atoms with van der Waals surface area (Å²) in [7, 11) is 0. The average molecular weight is 298 g/mol. The van der Waals surface area contributed by atoms with E-state index in [1.807, 2.05) is 6.20 Å². The van der Waals surface area contributed by atoms with Gasteiger partial charge in [-0.25, -0.2) is 4.98 Å². The summed E-state index contributed by atoms with van der Waals surface area (Å²) in [6.45, 7) is 8.85. The molecule has 0 radical (unpaired) electrons. The van der Waals surface area contributed by atoms with Crippen LogP contribution in [0.15, 0.2) is 30.5 Å². The predicted molar refractivity (Wildman–Crippen MR) is 89.6 cm³/mol. The Kier molecular flexibility index (Phi) is 4.57. The van der Waals surface area contributed by atoms with Crippen LogP contribution in [0.3, 0.4) is 0 Å². The zero-order valence-electron chi connectivity index (χ0n) is 13.9. The topological polar surface area (TPSA) is 34.0 Å². The van der Waals surface area contributed by atoms with E-state index in [1.54, 1.807) is 0 Å². The highest BCUT2D eigenvalue weighted by atomic mass is 15.3. The highest BCUT2D eigenvalue weighted by molar-refractivity contribution is 5.54. The van der Waals surface area contributed by atoms with Crippen LogP contribution in [0.2, 0.25) is 0 Å². The molecule has 4 heteroatoms. The van der Waals surface area contributed by atoms with E-state index in [2.05, 4.69) is 59.7 Å². The monoisotopic (exact) mass is 298 g/mol. The molecule has 0 aromatic carbocycles. The Bertz CT molecular complexity index is 617. The molecular weight excluding hydrogens is 272 g/mol. The minimum atomic E-state index is 0.461. The SMILES string of the molecule is CCCn1nccc1-c1cccc([C@H]2CCCN2C(C)C)n1. The van der Waals surface area contributed by atoms with Crippen molar-refractivity contribution >= 4 is 0 Å². The van der Waals surface area contributed by atoms with Crippen LogP contribution in [-0.2, 0) is 6.54 Å². The average Bonchev–Trinajstić information content (AvgIpc) is 3.16. The molecule has 0 unspecified atom stereocenters. The van der Waals surface area contributed by atoms with Gasteiger partial charge in [0, 0.05) is 18.8 Å². The van der Waals surface area contributed by atoms with Gasteiger partial charge in [0.1, 0.15) is 0 Å². The normalized spacial score (nSPS) is 19.2. The van der Waals surface area contributed by atoms with Crippen molar-refractivity contribution < 1.29 is 0 Å². The van der Waals surface area contributed by atoms with Crippen LogP contribution in [0.1, 0.15) is 51.8 Å². The van der Waals surface area contributed by atoms with E-state index >= 15 is 0 Å². The molecule has 0 aliphatic carbocycles. The highest BCUT2D eigenvalue weighted by Gasteiger charge is 2.29. The van der Waals surface area contributed by atoms with Crippen LogP contribution >= 0.6 is 0 Å². The van der Waals surface area contributed by atoms with Gasteiger partial charge in [0.25, 0.3) is 0 Å². The minimum absolute atomic E-state index is 0.461. The first kappa shape index (κ1) is 15.2. The lowest BCUT2D eigenvalue weighted by Crippen LogP contribution is -2.30. The second-order valence-electron chi connectivity index (χ2n) is 6.38. The van der Waals surface area contributed by atoms with Crippen LogP contribution in [-0.4, -0.2) is 32.3 Å². The van der Waals surface area contributed by atoms with Crippen molar-refractivity contribution in [3.63, 3.8) is 0 Å². The molecule has 1 aliphatic rings. The first-order chi connectivity index (χ1) is 10.7. The Morgan fingerprint density at radius 2 is 2.14 bits per heavy atom. The van der Waals surface area contributed by atoms with E-state index in [1.165, 1.54) is 25.1 Å². The third-order valence-corrected chi connectivity index (χ3v) is 4.48. The lowest BCUT2D eigenvalue weighted by Gasteiger charge is -2.28. The zero-order valence-corrected chi connectivity index (χ0v) is 13.9. The third kappa shape index (κ3) is 2.93. The molecule has 0 N–H and O–H groups in total. The fourth-order valence-corrected chi connectivity index (χ4v) is 3.44. The van der Waals surface area contributed by atoms with E-state index < -0.39 is 0 Å². The van der Waals surface area contributed by atoms with E-state index in [0.29, 0.717) is 12.1 Å². The van der Waals surface area contributed by atoms with Crippen LogP contribution < -0.4 is 0 Å². The number of nitrogens with zero attached hydrogens (tertiary/aromatic N) is 4. The molecule has 1 saturated heterocycles. The van der Waals surface area contributed by atoms with Crippen molar-refractivity contribution in [1.29, 1.82) is 0 Å². The maximum atomic E-state index is 4.97. The summed E-state index contributed by atoms with van der Waals surface area (Å²) < 4.78 is 2.06. The zero-order chi connectivity index (χ0) is 15.5. The molecule has 1 fully saturated rings. The Balaban J connectivity index is 1.91. The van der Waals surface area contributed by atoms with E-state index in [0.717, 1.165) is 24.4 Å². The summed E-state index contributed by atoms with van der Waals surface area (Å²) in [5, 5.41) is 4.42. The standard InChI is InChI=1S/C18H26N4/c1-4-12-22-18(10-11-19-22)16-8-5-7-15(20-16)17-9-6-13-21(17)14(2)3/h5,7-8,10-11,14,17H,4,6,9,12-13H2,1-3H3/t17-/m1/s1. The molecule has 2 aromatic rings. The molecule has 3 heterocycles. The molecule has 1 atom stereocenters. The summed E-state index contributed by atoms with van der Waals surface area (Å²) in [6.07, 6.45) is 5.43. The van der Waals surface area contributed by atoms with Crippen molar-refractivity contribution in [2.45, 2.75) is 58.7 Å². The fourth-order valence-electron chi connectivity index (χ4n) is 3.44. The quantitative estimate of drug-likeness (QED) is 0.839. The van der Waals surface area contributed by atoms with Gasteiger partial charge in [-0.2, -0.15) is 5.10 Å². The predicted octanol–water partition coefficient (Wildman–Crippen LogP) is 3.90. The van der Waals surface area contributed by atoms with Gasteiger partial charge in [-0.3, -0.25) is 9.58 Å². The van der Waals surface area contributed by atoms with Gasteiger partial charge in [-0.15, -0.1) is 0 Å². The second kappa shape index (κ2) is 6.61. The van der Waals surface area contributed by atoms with Crippen molar-refractivity contribution in [3.8, 4) is 11.4 Å². The van der Waals surface area contributed by atoms with Crippen LogP contribution in [0, 0.1) is 0 Å². The summed E-state index contributed by atoms with van der Waals surface area (Å²) in [6, 6.07) is 9.51. The smallest absolute Gasteiger partial charge is 0.0887 e. The molecule has 4 nitrogen and oxygen atoms in total. The summed E-state index contributed by atoms with van der Waals surface area (Å²) in [4.78, 5) is 7.54. The molecular formula is C18H26N4. The molecule has 0 bridgehead atoms. The van der Waals surface area contributed by atoms with Gasteiger partial charge in [0.2, 0.25) is 0 Å². The van der Waals surface area contributed by atoms with Crippen molar-refractivity contribution in [2.75, 3.05) is 6.54 Å². The van der Waals surface area contributed by atoms with Gasteiger partial charge < -0.3 is 0 Å². The molecule has 118 valence electrons. The lowest BCUT2D eigenvalue weighted by molar-refractivity contribution is 0.202. The number of likely N-dealkylation sites (tertiary alicyclic amines) is 1. The number of pyridine rings is 1. The molecule has 0 amide bonds. The van der Waals surface area contributed by atoms with Gasteiger partial charge in [-0.05, 0) is 57.9 Å². The maximum Gasteiger partial charge on any atom is 0.0887 e. The first-order valence-electron chi connectivity index (χ1n) is 8.45. The Hall–Kier alpha value is -1.68. The lowest BCUT2D eigenvalue weighted by atomic mass is 10.1. The van der Waals surface area contributed by atoms with E-state index in [4.69, 9.17) is 4.98 Å². The van der Waals surface area contributed by atoms with Gasteiger partial charge in [-0.1, -0.05) is 13.0 Å². The Morgan fingerprint density at radius 1 is 1.27 bits per heavy atom. The Morgan fingerprint density at radius 3 is 2.91 bits per heavy atom. The van der Waals surface area contributed by atoms with Gasteiger partial charge in [0.05, 0.1) is 23.1 Å². The van der Waals surface area contributed by atoms with E-state index in [9.17, 15) is 0 Å². The second-order valence-corrected chi connectivity index (χ2v) is 6.38. The fraction of sp³-hybridized carbons (Fsp3) is 0.556. The van der Waals surface area contributed by atoms with Crippen molar-refractivity contribution in [1.82, 2.24) is 19.7 Å². The van der Waals surface area contributed by atoms with Gasteiger partial charge >= 0.3 is 0 Å². The third-order valence-electron chi connectivity index (χ3n) is 4.48. The largest absolute Gasteiger partial charge is 0.292 e. The summed E-state index contributed by atoms with van der Waals surface area (Å²) in [5.74, 6) is 0. The number of rotatable bonds is 5. The molecule has 1 aliphatic heterocycles. The highest BCUT2D eigenvalue weighted by Crippen LogP contribution is 2.33.